The number of nitrogens with zero attached hydrogens (tertiary/aromatic N) is 1. The van der Waals surface area contributed by atoms with Crippen molar-refractivity contribution in [1.29, 1.82) is 0 Å². The van der Waals surface area contributed by atoms with Gasteiger partial charge >= 0.3 is 0 Å². The lowest BCUT2D eigenvalue weighted by Gasteiger charge is -2.30. The van der Waals surface area contributed by atoms with Gasteiger partial charge in [-0.15, -0.1) is 0 Å². The molecule has 0 N–H and O–H groups in total. The van der Waals surface area contributed by atoms with E-state index in [-0.39, 0.29) is 12.0 Å². The van der Waals surface area contributed by atoms with Crippen LogP contribution in [0.15, 0.2) is 22.6 Å². The van der Waals surface area contributed by atoms with Crippen LogP contribution in [0.5, 0.6) is 5.75 Å². The number of hydrogen-bond acceptors (Lipinski definition) is 4. The van der Waals surface area contributed by atoms with Crippen LogP contribution in [-0.4, -0.2) is 43.7 Å². The largest absolute Gasteiger partial charge is 0.497 e. The molecule has 3 rings (SSSR count). The summed E-state index contributed by atoms with van der Waals surface area (Å²) >= 11 is 0. The van der Waals surface area contributed by atoms with Crippen molar-refractivity contribution in [2.45, 2.75) is 20.0 Å². The molecular formula is C16H19NO4. The van der Waals surface area contributed by atoms with Crippen LogP contribution in [0.3, 0.4) is 0 Å². The summed E-state index contributed by atoms with van der Waals surface area (Å²) in [6, 6.07) is 5.56. The molecule has 0 bridgehead atoms. The van der Waals surface area contributed by atoms with Gasteiger partial charge in [0, 0.05) is 24.0 Å². The molecular weight excluding hydrogens is 270 g/mol. The Hall–Kier alpha value is -2.01. The highest BCUT2D eigenvalue weighted by atomic mass is 16.5. The number of rotatable bonds is 2. The van der Waals surface area contributed by atoms with Crippen molar-refractivity contribution in [3.8, 4) is 5.75 Å². The summed E-state index contributed by atoms with van der Waals surface area (Å²) in [5.41, 5.74) is 1.56. The predicted molar refractivity (Wildman–Crippen MR) is 78.8 cm³/mol. The summed E-state index contributed by atoms with van der Waals surface area (Å²) in [6.45, 7) is 5.64. The Bertz CT molecular complexity index is 676. The van der Waals surface area contributed by atoms with E-state index in [0.29, 0.717) is 31.0 Å². The van der Waals surface area contributed by atoms with Gasteiger partial charge in [0.1, 0.15) is 11.3 Å². The highest BCUT2D eigenvalue weighted by molar-refractivity contribution is 5.99. The molecule has 1 aliphatic rings. The first-order chi connectivity index (χ1) is 10.1. The molecule has 5 heteroatoms. The Labute approximate surface area is 123 Å². The fourth-order valence-corrected chi connectivity index (χ4v) is 2.68. The first-order valence-electron chi connectivity index (χ1n) is 7.08. The van der Waals surface area contributed by atoms with E-state index >= 15 is 0 Å². The molecule has 0 spiro atoms. The van der Waals surface area contributed by atoms with Crippen LogP contribution in [0.4, 0.5) is 0 Å². The minimum Gasteiger partial charge on any atom is -0.497 e. The summed E-state index contributed by atoms with van der Waals surface area (Å²) in [7, 11) is 1.62. The normalized spacial score (nSPS) is 19.0. The second-order valence-corrected chi connectivity index (χ2v) is 5.35. The van der Waals surface area contributed by atoms with Crippen molar-refractivity contribution in [3.05, 3.63) is 29.5 Å². The van der Waals surface area contributed by atoms with Crippen LogP contribution in [0, 0.1) is 6.92 Å². The molecule has 1 unspecified atom stereocenters. The molecule has 1 aliphatic heterocycles. The van der Waals surface area contributed by atoms with Gasteiger partial charge in [-0.05, 0) is 32.0 Å². The van der Waals surface area contributed by atoms with E-state index in [1.165, 1.54) is 0 Å². The number of carbonyl (C=O) groups excluding carboxylic acids is 1. The molecule has 112 valence electrons. The third-order valence-electron chi connectivity index (χ3n) is 3.87. The molecule has 2 heterocycles. The second-order valence-electron chi connectivity index (χ2n) is 5.35. The van der Waals surface area contributed by atoms with E-state index in [2.05, 4.69) is 0 Å². The van der Waals surface area contributed by atoms with Crippen molar-refractivity contribution < 1.29 is 18.7 Å². The fourth-order valence-electron chi connectivity index (χ4n) is 2.68. The first kappa shape index (κ1) is 13.9. The lowest BCUT2D eigenvalue weighted by atomic mass is 10.1. The van der Waals surface area contributed by atoms with Gasteiger partial charge < -0.3 is 18.8 Å². The SMILES string of the molecule is COc1ccc2oc(C(=O)N3CCOC(C)C3)c(C)c2c1. The smallest absolute Gasteiger partial charge is 0.290 e. The molecule has 1 saturated heterocycles. The Kier molecular flexibility index (Phi) is 3.59. The minimum absolute atomic E-state index is 0.0625. The van der Waals surface area contributed by atoms with Gasteiger partial charge in [0.05, 0.1) is 19.8 Å². The molecule has 2 aromatic rings. The standard InChI is InChI=1S/C16H19NO4/c1-10-9-17(6-7-20-10)16(18)15-11(2)13-8-12(19-3)4-5-14(13)21-15/h4-5,8,10H,6-7,9H2,1-3H3. The van der Waals surface area contributed by atoms with Gasteiger partial charge in [0.2, 0.25) is 0 Å². The minimum atomic E-state index is -0.0715. The van der Waals surface area contributed by atoms with E-state index in [1.54, 1.807) is 12.0 Å². The number of furan rings is 1. The summed E-state index contributed by atoms with van der Waals surface area (Å²) in [6.07, 6.45) is 0.0625. The van der Waals surface area contributed by atoms with Crippen molar-refractivity contribution in [2.75, 3.05) is 26.8 Å². The number of fused-ring (bicyclic) bond motifs is 1. The molecule has 0 aliphatic carbocycles. The fraction of sp³-hybridized carbons (Fsp3) is 0.438. The Morgan fingerprint density at radius 1 is 1.43 bits per heavy atom. The number of hydrogen-bond donors (Lipinski definition) is 0. The zero-order chi connectivity index (χ0) is 15.0. The van der Waals surface area contributed by atoms with Crippen molar-refractivity contribution in [2.24, 2.45) is 0 Å². The maximum atomic E-state index is 12.6. The average molecular weight is 289 g/mol. The van der Waals surface area contributed by atoms with E-state index in [9.17, 15) is 4.79 Å². The van der Waals surface area contributed by atoms with Crippen LogP contribution in [-0.2, 0) is 4.74 Å². The number of ether oxygens (including phenoxy) is 2. The van der Waals surface area contributed by atoms with Crippen molar-refractivity contribution in [3.63, 3.8) is 0 Å². The van der Waals surface area contributed by atoms with Gasteiger partial charge in [-0.1, -0.05) is 0 Å². The van der Waals surface area contributed by atoms with Crippen LogP contribution in [0.2, 0.25) is 0 Å². The summed E-state index contributed by atoms with van der Waals surface area (Å²) in [4.78, 5) is 14.4. The highest BCUT2D eigenvalue weighted by Gasteiger charge is 2.27. The van der Waals surface area contributed by atoms with Gasteiger partial charge in [-0.3, -0.25) is 4.79 Å². The van der Waals surface area contributed by atoms with E-state index in [0.717, 1.165) is 16.7 Å². The molecule has 0 saturated carbocycles. The van der Waals surface area contributed by atoms with Crippen LogP contribution >= 0.6 is 0 Å². The Morgan fingerprint density at radius 3 is 2.95 bits per heavy atom. The van der Waals surface area contributed by atoms with E-state index in [4.69, 9.17) is 13.9 Å². The van der Waals surface area contributed by atoms with Crippen molar-refractivity contribution >= 4 is 16.9 Å². The van der Waals surface area contributed by atoms with Crippen LogP contribution in [0.25, 0.3) is 11.0 Å². The summed E-state index contributed by atoms with van der Waals surface area (Å²) in [5.74, 6) is 1.09. The molecule has 1 amide bonds. The van der Waals surface area contributed by atoms with Crippen molar-refractivity contribution in [1.82, 2.24) is 4.90 Å². The number of amides is 1. The third kappa shape index (κ3) is 2.49. The maximum Gasteiger partial charge on any atom is 0.290 e. The topological polar surface area (TPSA) is 51.9 Å². The zero-order valence-electron chi connectivity index (χ0n) is 12.5. The van der Waals surface area contributed by atoms with Gasteiger partial charge in [-0.25, -0.2) is 0 Å². The van der Waals surface area contributed by atoms with Crippen LogP contribution in [0.1, 0.15) is 23.0 Å². The molecule has 5 nitrogen and oxygen atoms in total. The lowest BCUT2D eigenvalue weighted by Crippen LogP contribution is -2.44. The lowest BCUT2D eigenvalue weighted by molar-refractivity contribution is -0.0134. The summed E-state index contributed by atoms with van der Waals surface area (Å²) < 4.78 is 16.5. The van der Waals surface area contributed by atoms with E-state index in [1.807, 2.05) is 32.0 Å². The molecule has 21 heavy (non-hydrogen) atoms. The number of benzene rings is 1. The maximum absolute atomic E-state index is 12.6. The number of carbonyl (C=O) groups is 1. The average Bonchev–Trinajstić information content (AvgIpc) is 2.83. The highest BCUT2D eigenvalue weighted by Crippen LogP contribution is 2.29. The van der Waals surface area contributed by atoms with Crippen LogP contribution < -0.4 is 4.74 Å². The molecule has 1 aromatic carbocycles. The molecule has 1 atom stereocenters. The van der Waals surface area contributed by atoms with Gasteiger partial charge in [0.25, 0.3) is 5.91 Å². The summed E-state index contributed by atoms with van der Waals surface area (Å²) in [5, 5.41) is 0.916. The van der Waals surface area contributed by atoms with E-state index < -0.39 is 0 Å². The second kappa shape index (κ2) is 5.41. The molecule has 1 aromatic heterocycles. The Balaban J connectivity index is 1.96. The van der Waals surface area contributed by atoms with Gasteiger partial charge in [-0.2, -0.15) is 0 Å². The monoisotopic (exact) mass is 289 g/mol. The predicted octanol–water partition coefficient (Wildman–Crippen LogP) is 2.61. The Morgan fingerprint density at radius 2 is 2.24 bits per heavy atom. The third-order valence-corrected chi connectivity index (χ3v) is 3.87. The first-order valence-corrected chi connectivity index (χ1v) is 7.08. The number of methoxy groups -OCH3 is 1. The van der Waals surface area contributed by atoms with Gasteiger partial charge in [0.15, 0.2) is 5.76 Å². The molecule has 0 radical (unpaired) electrons. The zero-order valence-corrected chi connectivity index (χ0v) is 12.5. The number of aryl methyl sites for hydroxylation is 1. The quantitative estimate of drug-likeness (QED) is 0.852. The number of morpholine rings is 1. The molecule has 1 fully saturated rings.